The van der Waals surface area contributed by atoms with Crippen molar-refractivity contribution in [3.63, 3.8) is 0 Å². The van der Waals surface area contributed by atoms with Crippen molar-refractivity contribution in [2.24, 2.45) is 0 Å². The molecule has 3 rings (SSSR count). The van der Waals surface area contributed by atoms with Gasteiger partial charge in [0.25, 0.3) is 5.56 Å². The van der Waals surface area contributed by atoms with Crippen LogP contribution in [-0.4, -0.2) is 21.0 Å². The number of amides is 1. The maximum atomic E-state index is 12.7. The molecular formula is C19H23N5O3. The number of hydrogen-bond donors (Lipinski definition) is 2. The van der Waals surface area contributed by atoms with E-state index in [0.717, 1.165) is 31.2 Å². The van der Waals surface area contributed by atoms with Crippen LogP contribution in [0, 0.1) is 32.1 Å². The standard InChI is InChI=1S/C19H23N5O3/c1-11-14(12(2)21-17(26)15(11)10-20)6-7-16(25)23-19(8-4-5-9-19)18-22-13(3)27-24-18/h4-9H2,1-3H3,(H,21,26)(H,23,25). The number of nitriles is 1. The molecule has 0 atom stereocenters. The highest BCUT2D eigenvalue weighted by Crippen LogP contribution is 2.37. The Morgan fingerprint density at radius 1 is 1.33 bits per heavy atom. The fraction of sp³-hybridized carbons (Fsp3) is 0.526. The zero-order valence-corrected chi connectivity index (χ0v) is 15.8. The van der Waals surface area contributed by atoms with E-state index in [0.29, 0.717) is 29.4 Å². The van der Waals surface area contributed by atoms with Gasteiger partial charge in [0.05, 0.1) is 0 Å². The molecule has 142 valence electrons. The number of aryl methyl sites for hydroxylation is 2. The predicted octanol–water partition coefficient (Wildman–Crippen LogP) is 2.07. The first-order chi connectivity index (χ1) is 12.9. The second kappa shape index (κ2) is 7.35. The summed E-state index contributed by atoms with van der Waals surface area (Å²) in [5.41, 5.74) is 1.30. The van der Waals surface area contributed by atoms with Crippen LogP contribution in [0.4, 0.5) is 0 Å². The zero-order chi connectivity index (χ0) is 19.6. The van der Waals surface area contributed by atoms with Crippen molar-refractivity contribution >= 4 is 5.91 Å². The minimum atomic E-state index is -0.568. The third-order valence-electron chi connectivity index (χ3n) is 5.31. The van der Waals surface area contributed by atoms with Gasteiger partial charge in [0.1, 0.15) is 17.2 Å². The van der Waals surface area contributed by atoms with Crippen LogP contribution >= 0.6 is 0 Å². The van der Waals surface area contributed by atoms with Gasteiger partial charge in [0.2, 0.25) is 11.8 Å². The predicted molar refractivity (Wildman–Crippen MR) is 96.9 cm³/mol. The van der Waals surface area contributed by atoms with Gasteiger partial charge in [-0.05, 0) is 44.2 Å². The topological polar surface area (TPSA) is 125 Å². The Labute approximate surface area is 157 Å². The number of aromatic amines is 1. The number of hydrogen-bond acceptors (Lipinski definition) is 6. The Kier molecular flexibility index (Phi) is 5.13. The van der Waals surface area contributed by atoms with Crippen LogP contribution < -0.4 is 10.9 Å². The van der Waals surface area contributed by atoms with Crippen molar-refractivity contribution in [2.45, 2.75) is 64.8 Å². The summed E-state index contributed by atoms with van der Waals surface area (Å²) in [7, 11) is 0. The smallest absolute Gasteiger partial charge is 0.266 e. The molecule has 2 N–H and O–H groups in total. The van der Waals surface area contributed by atoms with Crippen LogP contribution in [0.15, 0.2) is 9.32 Å². The van der Waals surface area contributed by atoms with Gasteiger partial charge in [-0.2, -0.15) is 10.2 Å². The molecule has 2 aromatic rings. The van der Waals surface area contributed by atoms with Gasteiger partial charge in [0.15, 0.2) is 5.82 Å². The molecule has 1 aliphatic rings. The minimum Gasteiger partial charge on any atom is -0.343 e. The van der Waals surface area contributed by atoms with Crippen molar-refractivity contribution in [1.29, 1.82) is 5.26 Å². The third kappa shape index (κ3) is 3.63. The molecule has 0 unspecified atom stereocenters. The number of aromatic nitrogens is 3. The second-order valence-electron chi connectivity index (χ2n) is 7.14. The lowest BCUT2D eigenvalue weighted by molar-refractivity contribution is -0.123. The first-order valence-electron chi connectivity index (χ1n) is 9.10. The first-order valence-corrected chi connectivity index (χ1v) is 9.10. The van der Waals surface area contributed by atoms with E-state index in [1.165, 1.54) is 0 Å². The van der Waals surface area contributed by atoms with Gasteiger partial charge in [-0.1, -0.05) is 18.0 Å². The molecule has 1 saturated carbocycles. The van der Waals surface area contributed by atoms with Gasteiger partial charge < -0.3 is 14.8 Å². The summed E-state index contributed by atoms with van der Waals surface area (Å²) in [6, 6.07) is 1.94. The van der Waals surface area contributed by atoms with E-state index in [2.05, 4.69) is 20.4 Å². The van der Waals surface area contributed by atoms with Gasteiger partial charge >= 0.3 is 0 Å². The maximum Gasteiger partial charge on any atom is 0.266 e. The molecule has 0 saturated heterocycles. The molecule has 2 heterocycles. The van der Waals surface area contributed by atoms with Crippen LogP contribution in [0.1, 0.15) is 66.2 Å². The molecule has 0 radical (unpaired) electrons. The van der Waals surface area contributed by atoms with Crippen LogP contribution in [0.3, 0.4) is 0 Å². The summed E-state index contributed by atoms with van der Waals surface area (Å²) in [6.45, 7) is 5.26. The summed E-state index contributed by atoms with van der Waals surface area (Å²) < 4.78 is 5.10. The lowest BCUT2D eigenvalue weighted by atomic mass is 9.95. The first kappa shape index (κ1) is 18.8. The van der Waals surface area contributed by atoms with Crippen LogP contribution in [0.2, 0.25) is 0 Å². The molecule has 1 fully saturated rings. The Hall–Kier alpha value is -2.95. The average molecular weight is 369 g/mol. The minimum absolute atomic E-state index is 0.102. The third-order valence-corrected chi connectivity index (χ3v) is 5.31. The summed E-state index contributed by atoms with van der Waals surface area (Å²) in [5.74, 6) is 0.908. The summed E-state index contributed by atoms with van der Waals surface area (Å²) >= 11 is 0. The lowest BCUT2D eigenvalue weighted by Crippen LogP contribution is -2.44. The molecular weight excluding hydrogens is 346 g/mol. The van der Waals surface area contributed by atoms with Gasteiger partial charge in [-0.3, -0.25) is 9.59 Å². The summed E-state index contributed by atoms with van der Waals surface area (Å²) in [4.78, 5) is 31.5. The second-order valence-corrected chi connectivity index (χ2v) is 7.14. The SMILES string of the molecule is Cc1nc(C2(NC(=O)CCc3c(C)[nH]c(=O)c(C#N)c3C)CCCC2)no1. The molecule has 0 spiro atoms. The van der Waals surface area contributed by atoms with Crippen LogP contribution in [0.5, 0.6) is 0 Å². The van der Waals surface area contributed by atoms with Crippen molar-refractivity contribution in [1.82, 2.24) is 20.4 Å². The number of nitrogens with one attached hydrogen (secondary N) is 2. The highest BCUT2D eigenvalue weighted by atomic mass is 16.5. The fourth-order valence-electron chi connectivity index (χ4n) is 3.86. The van der Waals surface area contributed by atoms with Gasteiger partial charge in [-0.15, -0.1) is 0 Å². The van der Waals surface area contributed by atoms with Crippen LogP contribution in [0.25, 0.3) is 0 Å². The monoisotopic (exact) mass is 369 g/mol. The molecule has 8 heteroatoms. The van der Waals surface area contributed by atoms with Crippen molar-refractivity contribution in [3.8, 4) is 6.07 Å². The summed E-state index contributed by atoms with van der Waals surface area (Å²) in [6.07, 6.45) is 4.25. The van der Waals surface area contributed by atoms with Crippen LogP contribution in [-0.2, 0) is 16.8 Å². The molecule has 0 aliphatic heterocycles. The fourth-order valence-corrected chi connectivity index (χ4v) is 3.86. The average Bonchev–Trinajstić information content (AvgIpc) is 3.24. The highest BCUT2D eigenvalue weighted by Gasteiger charge is 2.41. The molecule has 8 nitrogen and oxygen atoms in total. The molecule has 2 aromatic heterocycles. The summed E-state index contributed by atoms with van der Waals surface area (Å²) in [5, 5.41) is 16.3. The zero-order valence-electron chi connectivity index (χ0n) is 15.8. The van der Waals surface area contributed by atoms with Crippen molar-refractivity contribution in [2.75, 3.05) is 0 Å². The number of H-pyrrole nitrogens is 1. The Balaban J connectivity index is 1.75. The Bertz CT molecular complexity index is 961. The number of pyridine rings is 1. The highest BCUT2D eigenvalue weighted by molar-refractivity contribution is 5.77. The van der Waals surface area contributed by atoms with E-state index in [4.69, 9.17) is 4.52 Å². The van der Waals surface area contributed by atoms with Crippen molar-refractivity contribution in [3.05, 3.63) is 44.5 Å². The lowest BCUT2D eigenvalue weighted by Gasteiger charge is -2.27. The number of rotatable bonds is 5. The number of carbonyl (C=O) groups is 1. The Morgan fingerprint density at radius 2 is 2.04 bits per heavy atom. The molecule has 1 amide bonds. The van der Waals surface area contributed by atoms with Gasteiger partial charge in [0, 0.05) is 19.0 Å². The molecule has 0 aromatic carbocycles. The van der Waals surface area contributed by atoms with E-state index in [1.807, 2.05) is 6.07 Å². The van der Waals surface area contributed by atoms with Crippen molar-refractivity contribution < 1.29 is 9.32 Å². The number of nitrogens with zero attached hydrogens (tertiary/aromatic N) is 3. The largest absolute Gasteiger partial charge is 0.343 e. The quantitative estimate of drug-likeness (QED) is 0.831. The number of carbonyl (C=O) groups excluding carboxylic acids is 1. The van der Waals surface area contributed by atoms with E-state index in [-0.39, 0.29) is 17.9 Å². The van der Waals surface area contributed by atoms with E-state index >= 15 is 0 Å². The van der Waals surface area contributed by atoms with E-state index in [9.17, 15) is 14.9 Å². The van der Waals surface area contributed by atoms with Gasteiger partial charge in [-0.25, -0.2) is 0 Å². The Morgan fingerprint density at radius 3 is 2.63 bits per heavy atom. The molecule has 27 heavy (non-hydrogen) atoms. The normalized spacial score (nSPS) is 15.5. The van der Waals surface area contributed by atoms with E-state index in [1.54, 1.807) is 20.8 Å². The molecule has 1 aliphatic carbocycles. The van der Waals surface area contributed by atoms with E-state index < -0.39 is 11.1 Å². The maximum absolute atomic E-state index is 12.7. The molecule has 0 bridgehead atoms.